The Balaban J connectivity index is 2.17. The first-order valence-electron chi connectivity index (χ1n) is 5.47. The van der Waals surface area contributed by atoms with Crippen molar-refractivity contribution in [3.8, 4) is 0 Å². The van der Waals surface area contributed by atoms with Gasteiger partial charge in [-0.25, -0.2) is 0 Å². The lowest BCUT2D eigenvalue weighted by molar-refractivity contribution is -0.138. The van der Waals surface area contributed by atoms with Crippen LogP contribution in [0.4, 0.5) is 0 Å². The Morgan fingerprint density at radius 3 is 2.50 bits per heavy atom. The summed E-state index contributed by atoms with van der Waals surface area (Å²) < 4.78 is 5.07. The zero-order valence-corrected chi connectivity index (χ0v) is 9.78. The van der Waals surface area contributed by atoms with E-state index in [1.165, 1.54) is 0 Å². The highest BCUT2D eigenvalue weighted by Gasteiger charge is 2.33. The Hall–Kier alpha value is -1.10. The van der Waals surface area contributed by atoms with Gasteiger partial charge >= 0.3 is 5.97 Å². The average Bonchev–Trinajstić information content (AvgIpc) is 2.10. The number of aliphatic carboxylic acids is 1. The van der Waals surface area contributed by atoms with E-state index < -0.39 is 5.97 Å². The molecule has 1 amide bonds. The maximum absolute atomic E-state index is 11.5. The first-order valence-corrected chi connectivity index (χ1v) is 5.47. The second kappa shape index (κ2) is 5.30. The van der Waals surface area contributed by atoms with Crippen molar-refractivity contribution in [3.63, 3.8) is 0 Å². The molecule has 2 N–H and O–H groups in total. The van der Waals surface area contributed by atoms with Crippen molar-refractivity contribution in [1.29, 1.82) is 0 Å². The molecule has 1 atom stereocenters. The molecule has 0 aromatic carbocycles. The van der Waals surface area contributed by atoms with E-state index in [1.54, 1.807) is 6.92 Å². The fourth-order valence-corrected chi connectivity index (χ4v) is 1.62. The number of rotatable bonds is 6. The van der Waals surface area contributed by atoms with Gasteiger partial charge in [0.2, 0.25) is 5.91 Å². The molecule has 1 aliphatic rings. The summed E-state index contributed by atoms with van der Waals surface area (Å²) in [6, 6.07) is 0. The molecule has 92 valence electrons. The summed E-state index contributed by atoms with van der Waals surface area (Å²) in [5.74, 6) is -1.07. The number of amides is 1. The smallest absolute Gasteiger partial charge is 0.303 e. The Bertz CT molecular complexity index is 273. The number of nitrogens with one attached hydrogen (secondary N) is 1. The minimum Gasteiger partial charge on any atom is -0.481 e. The molecule has 16 heavy (non-hydrogen) atoms. The predicted molar refractivity (Wildman–Crippen MR) is 58.0 cm³/mol. The van der Waals surface area contributed by atoms with E-state index in [2.05, 4.69) is 12.2 Å². The summed E-state index contributed by atoms with van der Waals surface area (Å²) in [7, 11) is 0. The van der Waals surface area contributed by atoms with Crippen LogP contribution in [0.25, 0.3) is 0 Å². The van der Waals surface area contributed by atoms with Gasteiger partial charge in [-0.05, 0) is 5.92 Å². The molecule has 1 rings (SSSR count). The maximum Gasteiger partial charge on any atom is 0.303 e. The van der Waals surface area contributed by atoms with E-state index >= 15 is 0 Å². The van der Waals surface area contributed by atoms with Crippen LogP contribution >= 0.6 is 0 Å². The van der Waals surface area contributed by atoms with Gasteiger partial charge in [0.05, 0.1) is 13.2 Å². The number of carbonyl (C=O) groups excluding carboxylic acids is 1. The second-order valence-electron chi connectivity index (χ2n) is 4.99. The van der Waals surface area contributed by atoms with Crippen molar-refractivity contribution in [2.75, 3.05) is 19.8 Å². The molecule has 0 aromatic rings. The van der Waals surface area contributed by atoms with E-state index in [4.69, 9.17) is 9.84 Å². The van der Waals surface area contributed by atoms with E-state index in [-0.39, 0.29) is 30.1 Å². The Morgan fingerprint density at radius 2 is 2.06 bits per heavy atom. The lowest BCUT2D eigenvalue weighted by Crippen LogP contribution is -2.48. The number of carbonyl (C=O) groups is 2. The largest absolute Gasteiger partial charge is 0.481 e. The normalized spacial score (nSPS) is 19.6. The van der Waals surface area contributed by atoms with Gasteiger partial charge in [-0.1, -0.05) is 13.8 Å². The predicted octanol–water partition coefficient (Wildman–Crippen LogP) is 0.640. The highest BCUT2D eigenvalue weighted by Crippen LogP contribution is 2.25. The average molecular weight is 229 g/mol. The maximum atomic E-state index is 11.5. The van der Waals surface area contributed by atoms with Crippen molar-refractivity contribution in [2.45, 2.75) is 26.7 Å². The van der Waals surface area contributed by atoms with Crippen molar-refractivity contribution >= 4 is 11.9 Å². The van der Waals surface area contributed by atoms with Crippen LogP contribution in [0.5, 0.6) is 0 Å². The van der Waals surface area contributed by atoms with Gasteiger partial charge in [-0.3, -0.25) is 9.59 Å². The minimum absolute atomic E-state index is 0.0355. The summed E-state index contributed by atoms with van der Waals surface area (Å²) >= 11 is 0. The van der Waals surface area contributed by atoms with E-state index in [9.17, 15) is 9.59 Å². The van der Waals surface area contributed by atoms with Crippen molar-refractivity contribution in [1.82, 2.24) is 5.32 Å². The van der Waals surface area contributed by atoms with Crippen molar-refractivity contribution < 1.29 is 19.4 Å². The van der Waals surface area contributed by atoms with Crippen molar-refractivity contribution in [2.24, 2.45) is 11.3 Å². The molecule has 0 spiro atoms. The third-order valence-corrected chi connectivity index (χ3v) is 2.67. The summed E-state index contributed by atoms with van der Waals surface area (Å²) in [5, 5.41) is 11.4. The molecule has 1 aliphatic heterocycles. The molecule has 1 unspecified atom stereocenters. The van der Waals surface area contributed by atoms with Crippen LogP contribution < -0.4 is 5.32 Å². The van der Waals surface area contributed by atoms with Crippen LogP contribution in [0.3, 0.4) is 0 Å². The first-order chi connectivity index (χ1) is 7.41. The van der Waals surface area contributed by atoms with Crippen LogP contribution in [0.15, 0.2) is 0 Å². The molecular weight excluding hydrogens is 210 g/mol. The van der Waals surface area contributed by atoms with Crippen LogP contribution in [-0.4, -0.2) is 36.7 Å². The van der Waals surface area contributed by atoms with Crippen LogP contribution in [0.2, 0.25) is 0 Å². The van der Waals surface area contributed by atoms with E-state index in [0.717, 1.165) is 0 Å². The van der Waals surface area contributed by atoms with Crippen LogP contribution in [0, 0.1) is 11.3 Å². The molecule has 1 saturated heterocycles. The zero-order valence-electron chi connectivity index (χ0n) is 9.78. The topological polar surface area (TPSA) is 75.6 Å². The minimum atomic E-state index is -0.861. The number of hydrogen-bond donors (Lipinski definition) is 2. The Kier molecular flexibility index (Phi) is 4.29. The monoisotopic (exact) mass is 229 g/mol. The summed E-state index contributed by atoms with van der Waals surface area (Å²) in [6.45, 7) is 5.78. The fourth-order valence-electron chi connectivity index (χ4n) is 1.62. The second-order valence-corrected chi connectivity index (χ2v) is 4.99. The Morgan fingerprint density at radius 1 is 1.44 bits per heavy atom. The SMILES string of the molecule is CC(CC(=O)O)CC(=O)NCC1(C)COC1. The highest BCUT2D eigenvalue weighted by atomic mass is 16.5. The third-order valence-electron chi connectivity index (χ3n) is 2.67. The molecule has 1 fully saturated rings. The molecule has 5 heteroatoms. The highest BCUT2D eigenvalue weighted by molar-refractivity contribution is 5.77. The standard InChI is InChI=1S/C11H19NO4/c1-8(4-10(14)15)3-9(13)12-5-11(2)6-16-7-11/h8H,3-7H2,1-2H3,(H,12,13)(H,14,15). The number of carboxylic acid groups (broad SMARTS) is 1. The van der Waals surface area contributed by atoms with Gasteiger partial charge < -0.3 is 15.2 Å². The van der Waals surface area contributed by atoms with Gasteiger partial charge in [0.1, 0.15) is 0 Å². The van der Waals surface area contributed by atoms with Gasteiger partial charge in [-0.15, -0.1) is 0 Å². The summed E-state index contributed by atoms with van der Waals surface area (Å²) in [5.41, 5.74) is 0.0612. The lowest BCUT2D eigenvalue weighted by Gasteiger charge is -2.38. The van der Waals surface area contributed by atoms with Gasteiger partial charge in [0.25, 0.3) is 0 Å². The molecule has 1 heterocycles. The molecule has 0 saturated carbocycles. The van der Waals surface area contributed by atoms with Crippen molar-refractivity contribution in [3.05, 3.63) is 0 Å². The summed E-state index contributed by atoms with van der Waals surface area (Å²) in [4.78, 5) is 21.9. The van der Waals surface area contributed by atoms with Gasteiger partial charge in [-0.2, -0.15) is 0 Å². The third kappa shape index (κ3) is 4.18. The molecule has 0 bridgehead atoms. The molecule has 0 aromatic heterocycles. The molecular formula is C11H19NO4. The van der Waals surface area contributed by atoms with E-state index in [0.29, 0.717) is 19.8 Å². The molecule has 0 radical (unpaired) electrons. The first kappa shape index (κ1) is 13.0. The molecule has 0 aliphatic carbocycles. The number of hydrogen-bond acceptors (Lipinski definition) is 3. The van der Waals surface area contributed by atoms with Gasteiger partial charge in [0.15, 0.2) is 0 Å². The summed E-state index contributed by atoms with van der Waals surface area (Å²) in [6.07, 6.45) is 0.303. The molecule has 5 nitrogen and oxygen atoms in total. The van der Waals surface area contributed by atoms with E-state index in [1.807, 2.05) is 0 Å². The quantitative estimate of drug-likeness (QED) is 0.701. The van der Waals surface area contributed by atoms with Crippen LogP contribution in [-0.2, 0) is 14.3 Å². The zero-order chi connectivity index (χ0) is 12.2. The number of carboxylic acids is 1. The lowest BCUT2D eigenvalue weighted by atomic mass is 9.88. The Labute approximate surface area is 95.2 Å². The number of ether oxygens (including phenoxy) is 1. The van der Waals surface area contributed by atoms with Crippen LogP contribution in [0.1, 0.15) is 26.7 Å². The fraction of sp³-hybridized carbons (Fsp3) is 0.818. The van der Waals surface area contributed by atoms with Gasteiger partial charge in [0, 0.05) is 24.8 Å².